The van der Waals surface area contributed by atoms with Crippen LogP contribution in [0, 0.1) is 0 Å². The van der Waals surface area contributed by atoms with Gasteiger partial charge in [-0.25, -0.2) is 4.79 Å². The number of nitrogens with zero attached hydrogens (tertiary/aromatic N) is 1. The van der Waals surface area contributed by atoms with Gasteiger partial charge in [0.2, 0.25) is 5.76 Å². The summed E-state index contributed by atoms with van der Waals surface area (Å²) in [6.45, 7) is 1.70. The zero-order chi connectivity index (χ0) is 26.0. The largest absolute Gasteiger partial charge is 0.459 e. The van der Waals surface area contributed by atoms with E-state index in [0.717, 1.165) is 12.1 Å². The van der Waals surface area contributed by atoms with Crippen molar-refractivity contribution in [2.24, 2.45) is 0 Å². The first kappa shape index (κ1) is 25.1. The van der Waals surface area contributed by atoms with Crippen molar-refractivity contribution in [3.05, 3.63) is 65.4 Å². The van der Waals surface area contributed by atoms with Crippen LogP contribution >= 0.6 is 0 Å². The molecular formula is C26H25F3N2O6. The molecule has 37 heavy (non-hydrogen) atoms. The number of alkyl halides is 3. The maximum Gasteiger partial charge on any atom is 0.416 e. The molecule has 2 aliphatic heterocycles. The van der Waals surface area contributed by atoms with Crippen LogP contribution in [-0.2, 0) is 20.4 Å². The third-order valence-corrected chi connectivity index (χ3v) is 6.35. The highest BCUT2D eigenvalue weighted by Gasteiger charge is 2.34. The molecule has 0 bridgehead atoms. The van der Waals surface area contributed by atoms with E-state index in [0.29, 0.717) is 37.3 Å². The predicted molar refractivity (Wildman–Crippen MR) is 127 cm³/mol. The Morgan fingerprint density at radius 1 is 1.08 bits per heavy atom. The number of fused-ring (bicyclic) bond motifs is 3. The number of carbonyl (C=O) groups is 2. The lowest BCUT2D eigenvalue weighted by Crippen LogP contribution is -2.41. The number of furan rings is 1. The molecule has 0 radical (unpaired) electrons. The van der Waals surface area contributed by atoms with Crippen LogP contribution < -0.4 is 10.2 Å². The lowest BCUT2D eigenvalue weighted by atomic mass is 10.1. The van der Waals surface area contributed by atoms with E-state index in [-0.39, 0.29) is 42.7 Å². The molecule has 3 aromatic rings. The van der Waals surface area contributed by atoms with E-state index in [9.17, 15) is 22.8 Å². The van der Waals surface area contributed by atoms with Gasteiger partial charge in [0.25, 0.3) is 5.91 Å². The van der Waals surface area contributed by atoms with Crippen molar-refractivity contribution in [3.63, 3.8) is 0 Å². The van der Waals surface area contributed by atoms with Gasteiger partial charge in [0.05, 0.1) is 36.1 Å². The predicted octanol–water partition coefficient (Wildman–Crippen LogP) is 4.03. The van der Waals surface area contributed by atoms with Crippen molar-refractivity contribution in [1.82, 2.24) is 5.32 Å². The molecule has 196 valence electrons. The van der Waals surface area contributed by atoms with Gasteiger partial charge in [-0.2, -0.15) is 13.2 Å². The highest BCUT2D eigenvalue weighted by Crippen LogP contribution is 2.39. The summed E-state index contributed by atoms with van der Waals surface area (Å²) >= 11 is 0. The van der Waals surface area contributed by atoms with E-state index in [1.54, 1.807) is 24.3 Å². The minimum absolute atomic E-state index is 0.00654. The summed E-state index contributed by atoms with van der Waals surface area (Å²) < 4.78 is 62.7. The van der Waals surface area contributed by atoms with Gasteiger partial charge >= 0.3 is 12.1 Å². The van der Waals surface area contributed by atoms with Crippen molar-refractivity contribution in [2.45, 2.75) is 24.8 Å². The van der Waals surface area contributed by atoms with Crippen LogP contribution in [0.2, 0.25) is 0 Å². The van der Waals surface area contributed by atoms with Crippen LogP contribution in [-0.4, -0.2) is 63.5 Å². The van der Waals surface area contributed by atoms with Gasteiger partial charge in [-0.3, -0.25) is 4.79 Å². The molecule has 2 atom stereocenters. The van der Waals surface area contributed by atoms with Crippen molar-refractivity contribution < 1.29 is 41.4 Å². The van der Waals surface area contributed by atoms with E-state index in [2.05, 4.69) is 5.32 Å². The van der Waals surface area contributed by atoms with Crippen molar-refractivity contribution in [1.29, 1.82) is 0 Å². The van der Waals surface area contributed by atoms with E-state index < -0.39 is 29.7 Å². The summed E-state index contributed by atoms with van der Waals surface area (Å²) in [6.07, 6.45) is -4.67. The number of halogens is 3. The zero-order valence-electron chi connectivity index (χ0n) is 19.8. The summed E-state index contributed by atoms with van der Waals surface area (Å²) in [5, 5.41) is 2.96. The van der Waals surface area contributed by atoms with Crippen LogP contribution in [0.3, 0.4) is 0 Å². The Hall–Kier alpha value is -3.57. The molecule has 2 aliphatic rings. The van der Waals surface area contributed by atoms with Crippen molar-refractivity contribution >= 4 is 28.5 Å². The summed E-state index contributed by atoms with van der Waals surface area (Å²) in [7, 11) is 0. The molecule has 0 aliphatic carbocycles. The average Bonchev–Trinajstić information content (AvgIpc) is 3.21. The Kier molecular flexibility index (Phi) is 7.07. The first-order valence-corrected chi connectivity index (χ1v) is 11.9. The van der Waals surface area contributed by atoms with Gasteiger partial charge < -0.3 is 28.8 Å². The molecule has 0 saturated carbocycles. The third-order valence-electron chi connectivity index (χ3n) is 6.35. The van der Waals surface area contributed by atoms with E-state index in [4.69, 9.17) is 18.6 Å². The minimum Gasteiger partial charge on any atom is -0.459 e. The molecule has 8 nitrogen and oxygen atoms in total. The molecule has 0 unspecified atom stereocenters. The lowest BCUT2D eigenvalue weighted by molar-refractivity contribution is -0.146. The Balaban J connectivity index is 1.20. The molecule has 1 fully saturated rings. The van der Waals surface area contributed by atoms with Crippen molar-refractivity contribution in [2.75, 3.05) is 44.4 Å². The summed E-state index contributed by atoms with van der Waals surface area (Å²) in [5.41, 5.74) is 0.205. The van der Waals surface area contributed by atoms with Crippen molar-refractivity contribution in [3.8, 4) is 0 Å². The average molecular weight is 518 g/mol. The molecular weight excluding hydrogens is 493 g/mol. The normalized spacial score (nSPS) is 20.3. The number of anilines is 1. The number of rotatable bonds is 6. The van der Waals surface area contributed by atoms with Crippen LogP contribution in [0.4, 0.5) is 18.9 Å². The highest BCUT2D eigenvalue weighted by molar-refractivity contribution is 6.07. The molecule has 1 N–H and O–H groups in total. The Morgan fingerprint density at radius 2 is 1.84 bits per heavy atom. The first-order valence-electron chi connectivity index (χ1n) is 11.9. The van der Waals surface area contributed by atoms with Crippen LogP contribution in [0.1, 0.15) is 32.9 Å². The second-order valence-electron chi connectivity index (χ2n) is 8.90. The molecule has 1 saturated heterocycles. The monoisotopic (exact) mass is 518 g/mol. The minimum atomic E-state index is -4.52. The van der Waals surface area contributed by atoms with Gasteiger partial charge in [-0.1, -0.05) is 18.2 Å². The lowest BCUT2D eigenvalue weighted by Gasteiger charge is -2.31. The number of ether oxygens (including phenoxy) is 3. The molecule has 0 spiro atoms. The van der Waals surface area contributed by atoms with E-state index in [1.165, 1.54) is 6.07 Å². The molecule has 11 heteroatoms. The molecule has 1 aromatic heterocycles. The maximum atomic E-state index is 13.3. The SMILES string of the molecule is O=C(OC[C@H]1CO[C@H](CCN2CCNC(=O)c3oc4ccc(C(F)(F)F)cc4c32)CO1)c1ccccc1. The standard InChI is InChI=1S/C26H25F3N2O6/c27-26(28,29)17-6-7-21-20(12-17)22-23(37-21)24(32)30-9-11-31(22)10-8-18-13-35-19(14-34-18)15-36-25(33)16-4-2-1-3-5-16/h1-7,12,18-19H,8-11,13-15H2,(H,30,32)/t18-,19-/m1/s1. The van der Waals surface area contributed by atoms with Gasteiger partial charge in [-0.15, -0.1) is 0 Å². The molecule has 5 rings (SSSR count). The summed E-state index contributed by atoms with van der Waals surface area (Å²) in [6, 6.07) is 11.8. The van der Waals surface area contributed by atoms with Crippen LogP contribution in [0.5, 0.6) is 0 Å². The summed E-state index contributed by atoms with van der Waals surface area (Å²) in [4.78, 5) is 26.5. The maximum absolute atomic E-state index is 13.3. The second kappa shape index (κ2) is 10.4. The van der Waals surface area contributed by atoms with Crippen LogP contribution in [0.25, 0.3) is 11.0 Å². The van der Waals surface area contributed by atoms with Gasteiger partial charge in [0.1, 0.15) is 18.3 Å². The molecule has 2 aromatic carbocycles. The first-order chi connectivity index (χ1) is 17.8. The number of hydrogen-bond donors (Lipinski definition) is 1. The number of benzene rings is 2. The molecule has 1 amide bonds. The number of esters is 1. The second-order valence-corrected chi connectivity index (χ2v) is 8.90. The number of hydrogen-bond acceptors (Lipinski definition) is 7. The van der Waals surface area contributed by atoms with Gasteiger partial charge in [0, 0.05) is 25.0 Å². The van der Waals surface area contributed by atoms with Crippen LogP contribution in [0.15, 0.2) is 52.9 Å². The summed E-state index contributed by atoms with van der Waals surface area (Å²) in [5.74, 6) is -0.909. The quantitative estimate of drug-likeness (QED) is 0.493. The fourth-order valence-corrected chi connectivity index (χ4v) is 4.42. The zero-order valence-corrected chi connectivity index (χ0v) is 19.8. The van der Waals surface area contributed by atoms with E-state index in [1.807, 2.05) is 11.0 Å². The molecule has 3 heterocycles. The fourth-order valence-electron chi connectivity index (χ4n) is 4.42. The number of nitrogens with one attached hydrogen (secondary N) is 1. The smallest absolute Gasteiger partial charge is 0.416 e. The Bertz CT molecular complexity index is 1270. The number of amides is 1. The highest BCUT2D eigenvalue weighted by atomic mass is 19.4. The number of carbonyl (C=O) groups excluding carboxylic acids is 2. The fraction of sp³-hybridized carbons (Fsp3) is 0.385. The van der Waals surface area contributed by atoms with Gasteiger partial charge in [0.15, 0.2) is 0 Å². The Morgan fingerprint density at radius 3 is 2.57 bits per heavy atom. The Labute approximate surface area is 210 Å². The topological polar surface area (TPSA) is 90.2 Å². The van der Waals surface area contributed by atoms with E-state index >= 15 is 0 Å². The third kappa shape index (κ3) is 5.57. The van der Waals surface area contributed by atoms with Gasteiger partial charge in [-0.05, 0) is 36.8 Å².